The van der Waals surface area contributed by atoms with Gasteiger partial charge in [-0.3, -0.25) is 15.0 Å². The number of anilines is 1. The molecule has 3 aromatic rings. The zero-order valence-electron chi connectivity index (χ0n) is 13.4. The van der Waals surface area contributed by atoms with Gasteiger partial charge in [-0.1, -0.05) is 48.2 Å². The molecule has 0 saturated carbocycles. The van der Waals surface area contributed by atoms with E-state index in [-0.39, 0.29) is 18.2 Å². The highest BCUT2D eigenvalue weighted by atomic mass is 32.2. The van der Waals surface area contributed by atoms with E-state index in [1.54, 1.807) is 6.92 Å². The lowest BCUT2D eigenvalue weighted by molar-refractivity contribution is -0.121. The number of amides is 2. The van der Waals surface area contributed by atoms with Gasteiger partial charge >= 0.3 is 0 Å². The van der Waals surface area contributed by atoms with Crippen LogP contribution in [0.25, 0.3) is 10.8 Å². The number of carbonyl (C=O) groups excluding carboxylic acids is 2. The third kappa shape index (κ3) is 2.96. The quantitative estimate of drug-likeness (QED) is 0.754. The van der Waals surface area contributed by atoms with E-state index in [2.05, 4.69) is 20.9 Å². The molecule has 25 heavy (non-hydrogen) atoms. The summed E-state index contributed by atoms with van der Waals surface area (Å²) in [7, 11) is 0. The van der Waals surface area contributed by atoms with Crippen molar-refractivity contribution in [1.82, 2.24) is 14.9 Å². The highest BCUT2D eigenvalue weighted by Gasteiger charge is 2.31. The van der Waals surface area contributed by atoms with Crippen molar-refractivity contribution in [2.24, 2.45) is 0 Å². The molecule has 2 heterocycles. The third-order valence-corrected chi connectivity index (χ3v) is 5.13. The van der Waals surface area contributed by atoms with E-state index in [1.165, 1.54) is 16.4 Å². The van der Waals surface area contributed by atoms with Crippen LogP contribution in [-0.2, 0) is 9.59 Å². The van der Waals surface area contributed by atoms with E-state index in [4.69, 9.17) is 0 Å². The van der Waals surface area contributed by atoms with Crippen LogP contribution in [0.2, 0.25) is 0 Å². The number of fused-ring (bicyclic) bond motifs is 2. The highest BCUT2D eigenvalue weighted by Crippen LogP contribution is 2.29. The minimum Gasteiger partial charge on any atom is -0.325 e. The van der Waals surface area contributed by atoms with Crippen LogP contribution in [0.1, 0.15) is 12.2 Å². The Bertz CT molecular complexity index is 979. The molecule has 0 aliphatic carbocycles. The number of nitrogens with zero attached hydrogens (tertiary/aromatic N) is 3. The van der Waals surface area contributed by atoms with Crippen molar-refractivity contribution in [3.05, 3.63) is 48.3 Å². The first-order valence-corrected chi connectivity index (χ1v) is 8.67. The van der Waals surface area contributed by atoms with Crippen molar-refractivity contribution in [2.45, 2.75) is 23.8 Å². The number of aromatic nitrogens is 3. The van der Waals surface area contributed by atoms with Crippen molar-refractivity contribution in [2.75, 3.05) is 10.7 Å². The molecule has 2 amide bonds. The molecule has 126 valence electrons. The van der Waals surface area contributed by atoms with Gasteiger partial charge in [0.25, 0.3) is 5.91 Å². The van der Waals surface area contributed by atoms with Gasteiger partial charge in [0.15, 0.2) is 0 Å². The fraction of sp³-hybridized carbons (Fsp3) is 0.176. The molecule has 1 atom stereocenters. The Morgan fingerprint density at radius 2 is 2.04 bits per heavy atom. The summed E-state index contributed by atoms with van der Waals surface area (Å²) >= 11 is 1.24. The number of aryl methyl sites for hydroxylation is 1. The molecular formula is C17H15N5O2S. The summed E-state index contributed by atoms with van der Waals surface area (Å²) in [4.78, 5) is 24.7. The third-order valence-electron chi connectivity index (χ3n) is 3.99. The van der Waals surface area contributed by atoms with Crippen LogP contribution >= 0.6 is 11.8 Å². The highest BCUT2D eigenvalue weighted by molar-refractivity contribution is 8.00. The maximum absolute atomic E-state index is 12.4. The number of rotatable bonds is 3. The second-order valence-corrected chi connectivity index (χ2v) is 6.90. The van der Waals surface area contributed by atoms with Gasteiger partial charge in [-0.05, 0) is 18.4 Å². The van der Waals surface area contributed by atoms with Gasteiger partial charge in [0.2, 0.25) is 11.1 Å². The van der Waals surface area contributed by atoms with Crippen LogP contribution in [0.3, 0.4) is 0 Å². The summed E-state index contributed by atoms with van der Waals surface area (Å²) in [6, 6.07) is 13.6. The topological polar surface area (TPSA) is 88.9 Å². The summed E-state index contributed by atoms with van der Waals surface area (Å²) in [5, 5.41) is 12.9. The predicted molar refractivity (Wildman–Crippen MR) is 96.0 cm³/mol. The van der Waals surface area contributed by atoms with Gasteiger partial charge in [0.1, 0.15) is 11.1 Å². The van der Waals surface area contributed by atoms with Crippen molar-refractivity contribution in [3.8, 4) is 0 Å². The van der Waals surface area contributed by atoms with Gasteiger partial charge in [-0.15, -0.1) is 10.2 Å². The number of thioether (sulfide) groups is 1. The first-order chi connectivity index (χ1) is 12.1. The van der Waals surface area contributed by atoms with E-state index >= 15 is 0 Å². The maximum Gasteiger partial charge on any atom is 0.253 e. The largest absolute Gasteiger partial charge is 0.325 e. The molecule has 0 saturated heterocycles. The molecule has 4 rings (SSSR count). The van der Waals surface area contributed by atoms with Crippen LogP contribution in [0.15, 0.2) is 47.6 Å². The van der Waals surface area contributed by atoms with Gasteiger partial charge in [-0.25, -0.2) is 4.68 Å². The molecule has 2 N–H and O–H groups in total. The summed E-state index contributed by atoms with van der Waals surface area (Å²) in [6.45, 7) is 1.75. The van der Waals surface area contributed by atoms with Crippen molar-refractivity contribution < 1.29 is 9.59 Å². The molecule has 0 bridgehead atoms. The maximum atomic E-state index is 12.4. The van der Waals surface area contributed by atoms with Crippen LogP contribution < -0.4 is 10.7 Å². The molecule has 0 radical (unpaired) electrons. The number of nitrogens with one attached hydrogen (secondary N) is 2. The summed E-state index contributed by atoms with van der Waals surface area (Å²) in [5.74, 6) is 0.164. The van der Waals surface area contributed by atoms with E-state index in [0.29, 0.717) is 11.0 Å². The van der Waals surface area contributed by atoms with Gasteiger partial charge in [0.05, 0.1) is 0 Å². The SMILES string of the molecule is Cc1nnc2n1NC(=O)C(CC(=O)Nc1cccc3ccccc13)S2. The first kappa shape index (κ1) is 15.6. The minimum atomic E-state index is -0.536. The van der Waals surface area contributed by atoms with Crippen LogP contribution in [0.5, 0.6) is 0 Å². The van der Waals surface area contributed by atoms with Crippen LogP contribution in [0, 0.1) is 6.92 Å². The minimum absolute atomic E-state index is 0.0611. The Morgan fingerprint density at radius 1 is 1.24 bits per heavy atom. The Kier molecular flexibility index (Phi) is 3.89. The Labute approximate surface area is 147 Å². The Morgan fingerprint density at radius 3 is 2.92 bits per heavy atom. The first-order valence-electron chi connectivity index (χ1n) is 7.79. The second-order valence-electron chi connectivity index (χ2n) is 5.73. The fourth-order valence-corrected chi connectivity index (χ4v) is 3.77. The monoisotopic (exact) mass is 353 g/mol. The molecule has 8 heteroatoms. The average molecular weight is 353 g/mol. The normalized spacial score (nSPS) is 16.4. The molecule has 1 aliphatic heterocycles. The van der Waals surface area contributed by atoms with E-state index < -0.39 is 5.25 Å². The van der Waals surface area contributed by atoms with Crippen molar-refractivity contribution in [1.29, 1.82) is 0 Å². The number of hydrogen-bond acceptors (Lipinski definition) is 5. The van der Waals surface area contributed by atoms with Gasteiger partial charge in [0, 0.05) is 17.5 Å². The summed E-state index contributed by atoms with van der Waals surface area (Å²) in [5.41, 5.74) is 3.45. The number of hydrogen-bond donors (Lipinski definition) is 2. The number of benzene rings is 2. The fourth-order valence-electron chi connectivity index (χ4n) is 2.75. The Balaban J connectivity index is 1.50. The zero-order chi connectivity index (χ0) is 17.4. The smallest absolute Gasteiger partial charge is 0.253 e. The van der Waals surface area contributed by atoms with E-state index in [9.17, 15) is 9.59 Å². The Hall–Kier alpha value is -2.87. The van der Waals surface area contributed by atoms with E-state index in [0.717, 1.165) is 16.5 Å². The molecule has 2 aromatic carbocycles. The molecule has 1 aliphatic rings. The summed E-state index contributed by atoms with van der Waals surface area (Å²) in [6.07, 6.45) is 0.0611. The second kappa shape index (κ2) is 6.21. The molecule has 0 fully saturated rings. The molecular weight excluding hydrogens is 338 g/mol. The average Bonchev–Trinajstić information content (AvgIpc) is 2.96. The lowest BCUT2D eigenvalue weighted by atomic mass is 10.1. The van der Waals surface area contributed by atoms with Crippen LogP contribution in [0.4, 0.5) is 5.69 Å². The summed E-state index contributed by atoms with van der Waals surface area (Å²) < 4.78 is 1.53. The molecule has 7 nitrogen and oxygen atoms in total. The molecule has 0 spiro atoms. The lowest BCUT2D eigenvalue weighted by Gasteiger charge is -2.22. The molecule has 1 unspecified atom stereocenters. The predicted octanol–water partition coefficient (Wildman–Crippen LogP) is 2.31. The lowest BCUT2D eigenvalue weighted by Crippen LogP contribution is -2.38. The van der Waals surface area contributed by atoms with Crippen molar-refractivity contribution in [3.63, 3.8) is 0 Å². The van der Waals surface area contributed by atoms with Crippen molar-refractivity contribution >= 4 is 40.0 Å². The van der Waals surface area contributed by atoms with Crippen LogP contribution in [-0.4, -0.2) is 31.9 Å². The van der Waals surface area contributed by atoms with Gasteiger partial charge in [-0.2, -0.15) is 0 Å². The zero-order valence-corrected chi connectivity index (χ0v) is 14.2. The number of carbonyl (C=O) groups is 2. The standard InChI is InChI=1S/C17H15N5O2S/c1-10-19-20-17-22(10)21-16(24)14(25-17)9-15(23)18-13-8-4-6-11-5-2-3-7-12(11)13/h2-8,14H,9H2,1H3,(H,18,23)(H,21,24). The molecule has 1 aromatic heterocycles. The van der Waals surface area contributed by atoms with E-state index in [1.807, 2.05) is 42.5 Å². The van der Waals surface area contributed by atoms with Gasteiger partial charge < -0.3 is 5.32 Å².